The van der Waals surface area contributed by atoms with Crippen molar-refractivity contribution in [1.29, 1.82) is 0 Å². The van der Waals surface area contributed by atoms with Gasteiger partial charge in [0.1, 0.15) is 11.9 Å². The Kier molecular flexibility index (Phi) is 6.95. The van der Waals surface area contributed by atoms with E-state index in [9.17, 15) is 18.0 Å². The second-order valence-electron chi connectivity index (χ2n) is 7.23. The first-order chi connectivity index (χ1) is 14.2. The standard InChI is InChI=1S/C13H14N2O2.C6H11NO5S/c16-13-12-2-1-10(7-9(12)3-6-15-13)17-11-4-5-14-8-11;1-13(10,11)12-5-2-3-7(4-5)6(8)9/h1-3,6-7,11,14H,4-5,8H2,(H,15,16);5H,2-4H2,1H3,(H,8,9)/t11-;5-/m10/s1. The highest BCUT2D eigenvalue weighted by atomic mass is 32.2. The van der Waals surface area contributed by atoms with E-state index in [1.807, 2.05) is 24.3 Å². The number of hydrogen-bond donors (Lipinski definition) is 3. The van der Waals surface area contributed by atoms with Crippen LogP contribution in [0.5, 0.6) is 5.75 Å². The molecule has 1 aromatic heterocycles. The lowest BCUT2D eigenvalue weighted by molar-refractivity contribution is 0.146. The molecule has 0 saturated carbocycles. The molecule has 0 bridgehead atoms. The lowest BCUT2D eigenvalue weighted by Gasteiger charge is -2.12. The molecule has 164 valence electrons. The van der Waals surface area contributed by atoms with Crippen molar-refractivity contribution in [2.24, 2.45) is 0 Å². The minimum absolute atomic E-state index is 0.0587. The van der Waals surface area contributed by atoms with E-state index in [-0.39, 0.29) is 18.2 Å². The highest BCUT2D eigenvalue weighted by Gasteiger charge is 2.28. The highest BCUT2D eigenvalue weighted by Crippen LogP contribution is 2.20. The summed E-state index contributed by atoms with van der Waals surface area (Å²) in [6.07, 6.45) is 2.76. The fourth-order valence-electron chi connectivity index (χ4n) is 3.39. The number of H-pyrrole nitrogens is 1. The molecule has 1 aromatic carbocycles. The number of carbonyl (C=O) groups is 1. The summed E-state index contributed by atoms with van der Waals surface area (Å²) in [6, 6.07) is 7.47. The first kappa shape index (κ1) is 22.1. The number of amides is 1. The molecule has 30 heavy (non-hydrogen) atoms. The van der Waals surface area contributed by atoms with E-state index in [1.165, 1.54) is 0 Å². The van der Waals surface area contributed by atoms with Crippen LogP contribution in [0.25, 0.3) is 10.8 Å². The molecule has 2 aliphatic rings. The number of nitrogens with zero attached hydrogens (tertiary/aromatic N) is 1. The van der Waals surface area contributed by atoms with Gasteiger partial charge in [-0.15, -0.1) is 0 Å². The number of ether oxygens (including phenoxy) is 1. The lowest BCUT2D eigenvalue weighted by Crippen LogP contribution is -2.29. The summed E-state index contributed by atoms with van der Waals surface area (Å²) in [7, 11) is -3.48. The van der Waals surface area contributed by atoms with Gasteiger partial charge in [-0.2, -0.15) is 8.42 Å². The Bertz CT molecular complexity index is 1050. The number of likely N-dealkylation sites (tertiary alicyclic amines) is 1. The molecule has 0 aliphatic carbocycles. The quantitative estimate of drug-likeness (QED) is 0.600. The third kappa shape index (κ3) is 6.18. The summed E-state index contributed by atoms with van der Waals surface area (Å²) in [5.74, 6) is 0.830. The minimum Gasteiger partial charge on any atom is -0.489 e. The molecular formula is C19H25N3O7S. The Hall–Kier alpha value is -2.63. The van der Waals surface area contributed by atoms with Crippen molar-refractivity contribution in [2.75, 3.05) is 32.4 Å². The number of carboxylic acid groups (broad SMARTS) is 1. The van der Waals surface area contributed by atoms with Gasteiger partial charge in [0.2, 0.25) is 0 Å². The van der Waals surface area contributed by atoms with E-state index in [0.29, 0.717) is 18.4 Å². The predicted molar refractivity (Wildman–Crippen MR) is 110 cm³/mol. The molecule has 0 radical (unpaired) electrons. The van der Waals surface area contributed by atoms with Crippen molar-refractivity contribution in [3.8, 4) is 5.75 Å². The Morgan fingerprint density at radius 1 is 1.23 bits per heavy atom. The summed E-state index contributed by atoms with van der Waals surface area (Å²) in [5.41, 5.74) is -0.0587. The Morgan fingerprint density at radius 3 is 2.67 bits per heavy atom. The number of aromatic nitrogens is 1. The van der Waals surface area contributed by atoms with Crippen molar-refractivity contribution in [1.82, 2.24) is 15.2 Å². The maximum absolute atomic E-state index is 11.5. The number of hydrogen-bond acceptors (Lipinski definition) is 7. The van der Waals surface area contributed by atoms with Gasteiger partial charge in [0, 0.05) is 24.7 Å². The Labute approximate surface area is 173 Å². The van der Waals surface area contributed by atoms with E-state index in [0.717, 1.165) is 41.8 Å². The van der Waals surface area contributed by atoms with E-state index in [1.54, 1.807) is 6.20 Å². The number of fused-ring (bicyclic) bond motifs is 1. The van der Waals surface area contributed by atoms with Crippen molar-refractivity contribution >= 4 is 27.0 Å². The number of nitrogens with one attached hydrogen (secondary N) is 2. The molecule has 4 rings (SSSR count). The van der Waals surface area contributed by atoms with Gasteiger partial charge < -0.3 is 25.0 Å². The average molecular weight is 439 g/mol. The average Bonchev–Trinajstić information content (AvgIpc) is 3.33. The zero-order valence-corrected chi connectivity index (χ0v) is 17.4. The third-order valence-corrected chi connectivity index (χ3v) is 5.41. The molecule has 2 fully saturated rings. The smallest absolute Gasteiger partial charge is 0.407 e. The first-order valence-electron chi connectivity index (χ1n) is 9.56. The maximum Gasteiger partial charge on any atom is 0.407 e. The van der Waals surface area contributed by atoms with Gasteiger partial charge >= 0.3 is 6.09 Å². The van der Waals surface area contributed by atoms with Crippen LogP contribution in [0.2, 0.25) is 0 Å². The normalized spacial score (nSPS) is 21.3. The summed E-state index contributed by atoms with van der Waals surface area (Å²) < 4.78 is 31.8. The molecule has 2 aliphatic heterocycles. The molecule has 2 saturated heterocycles. The lowest BCUT2D eigenvalue weighted by atomic mass is 10.1. The number of pyridine rings is 1. The van der Waals surface area contributed by atoms with Crippen LogP contribution in [-0.2, 0) is 14.3 Å². The second-order valence-corrected chi connectivity index (χ2v) is 8.83. The van der Waals surface area contributed by atoms with Crippen LogP contribution in [0, 0.1) is 0 Å². The van der Waals surface area contributed by atoms with Gasteiger partial charge in [0.15, 0.2) is 0 Å². The molecular weight excluding hydrogens is 414 g/mol. The minimum atomic E-state index is -3.48. The van der Waals surface area contributed by atoms with Gasteiger partial charge in [-0.3, -0.25) is 8.98 Å². The molecule has 10 nitrogen and oxygen atoms in total. The van der Waals surface area contributed by atoms with E-state index < -0.39 is 22.3 Å². The summed E-state index contributed by atoms with van der Waals surface area (Å²) >= 11 is 0. The van der Waals surface area contributed by atoms with Crippen molar-refractivity contribution in [2.45, 2.75) is 25.0 Å². The Morgan fingerprint density at radius 2 is 2.03 bits per heavy atom. The van der Waals surface area contributed by atoms with Gasteiger partial charge in [-0.1, -0.05) is 0 Å². The highest BCUT2D eigenvalue weighted by molar-refractivity contribution is 7.86. The maximum atomic E-state index is 11.5. The number of rotatable bonds is 4. The van der Waals surface area contributed by atoms with Gasteiger partial charge in [0.05, 0.1) is 18.9 Å². The topological polar surface area (TPSA) is 138 Å². The van der Waals surface area contributed by atoms with Crippen LogP contribution in [0.3, 0.4) is 0 Å². The fraction of sp³-hybridized carbons (Fsp3) is 0.474. The van der Waals surface area contributed by atoms with E-state index in [2.05, 4.69) is 14.5 Å². The molecule has 1 amide bonds. The molecule has 0 spiro atoms. The summed E-state index contributed by atoms with van der Waals surface area (Å²) in [4.78, 5) is 25.8. The van der Waals surface area contributed by atoms with Crippen molar-refractivity contribution < 1.29 is 27.2 Å². The fourth-order valence-corrected chi connectivity index (χ4v) is 4.04. The summed E-state index contributed by atoms with van der Waals surface area (Å²) in [6.45, 7) is 2.36. The largest absolute Gasteiger partial charge is 0.489 e. The van der Waals surface area contributed by atoms with E-state index in [4.69, 9.17) is 9.84 Å². The third-order valence-electron chi connectivity index (χ3n) is 4.79. The zero-order chi connectivity index (χ0) is 21.7. The zero-order valence-electron chi connectivity index (χ0n) is 16.5. The van der Waals surface area contributed by atoms with Gasteiger partial charge in [-0.05, 0) is 49.0 Å². The second kappa shape index (κ2) is 9.45. The molecule has 2 aromatic rings. The SMILES string of the molecule is CS(=O)(=O)O[C@H]1CCN(C(=O)O)C1.O=c1[nH]ccc2cc(O[C@@H]3CCNC3)ccc12. The Balaban J connectivity index is 0.000000178. The molecule has 11 heteroatoms. The van der Waals surface area contributed by atoms with Crippen molar-refractivity contribution in [3.63, 3.8) is 0 Å². The van der Waals surface area contributed by atoms with Gasteiger partial charge in [0.25, 0.3) is 15.7 Å². The predicted octanol–water partition coefficient (Wildman–Crippen LogP) is 0.984. The molecule has 2 atom stereocenters. The monoisotopic (exact) mass is 439 g/mol. The molecule has 0 unspecified atom stereocenters. The van der Waals surface area contributed by atoms with Gasteiger partial charge in [-0.25, -0.2) is 4.79 Å². The van der Waals surface area contributed by atoms with Crippen LogP contribution in [0.1, 0.15) is 12.8 Å². The first-order valence-corrected chi connectivity index (χ1v) is 11.4. The van der Waals surface area contributed by atoms with Crippen molar-refractivity contribution in [3.05, 3.63) is 40.8 Å². The van der Waals surface area contributed by atoms with Crippen LogP contribution < -0.4 is 15.6 Å². The van der Waals surface area contributed by atoms with E-state index >= 15 is 0 Å². The summed E-state index contributed by atoms with van der Waals surface area (Å²) in [5, 5.41) is 13.4. The molecule has 3 heterocycles. The number of aromatic amines is 1. The van der Waals surface area contributed by atoms with Crippen LogP contribution in [-0.4, -0.2) is 74.1 Å². The molecule has 3 N–H and O–H groups in total. The van der Waals surface area contributed by atoms with Crippen LogP contribution >= 0.6 is 0 Å². The number of benzene rings is 1. The van der Waals surface area contributed by atoms with Crippen LogP contribution in [0.15, 0.2) is 35.3 Å². The van der Waals surface area contributed by atoms with Crippen LogP contribution in [0.4, 0.5) is 4.79 Å².